The first-order valence-electron chi connectivity index (χ1n) is 5.61. The Morgan fingerprint density at radius 1 is 1.32 bits per heavy atom. The van der Waals surface area contributed by atoms with Crippen LogP contribution in [-0.4, -0.2) is 14.8 Å². The molecule has 0 saturated heterocycles. The van der Waals surface area contributed by atoms with E-state index in [-0.39, 0.29) is 17.7 Å². The molecule has 100 valence electrons. The highest BCUT2D eigenvalue weighted by Crippen LogP contribution is 2.15. The number of aromatic nitrogens is 3. The molecular formula is C12H13ClN4O2. The Balaban J connectivity index is 2.53. The number of halogens is 1. The minimum atomic E-state index is -0.308. The van der Waals surface area contributed by atoms with Crippen LogP contribution in [-0.2, 0) is 6.54 Å². The predicted octanol–water partition coefficient (Wildman–Crippen LogP) is 0.832. The van der Waals surface area contributed by atoms with Gasteiger partial charge in [0.15, 0.2) is 0 Å². The molecule has 0 saturated carbocycles. The highest BCUT2D eigenvalue weighted by atomic mass is 35.5. The summed E-state index contributed by atoms with van der Waals surface area (Å²) in [5.74, 6) is 0.304. The molecular weight excluding hydrogens is 268 g/mol. The first-order valence-corrected chi connectivity index (χ1v) is 5.99. The molecule has 3 N–H and O–H groups in total. The molecule has 2 rings (SSSR count). The Morgan fingerprint density at radius 2 is 2.00 bits per heavy atom. The van der Waals surface area contributed by atoms with Crippen molar-refractivity contribution in [2.24, 2.45) is 0 Å². The normalized spacial score (nSPS) is 10.7. The fourth-order valence-corrected chi connectivity index (χ4v) is 1.83. The van der Waals surface area contributed by atoms with E-state index in [1.165, 1.54) is 4.68 Å². The van der Waals surface area contributed by atoms with Crippen LogP contribution in [0.5, 0.6) is 0 Å². The molecule has 7 heteroatoms. The summed E-state index contributed by atoms with van der Waals surface area (Å²) in [5.41, 5.74) is 6.24. The number of anilines is 1. The molecule has 2 heterocycles. The van der Waals surface area contributed by atoms with Gasteiger partial charge in [-0.3, -0.25) is 14.7 Å². The number of rotatable bonds is 2. The monoisotopic (exact) mass is 280 g/mol. The lowest BCUT2D eigenvalue weighted by atomic mass is 10.2. The van der Waals surface area contributed by atoms with E-state index in [1.807, 2.05) is 0 Å². The van der Waals surface area contributed by atoms with E-state index in [0.29, 0.717) is 27.7 Å². The van der Waals surface area contributed by atoms with Gasteiger partial charge in [0.05, 0.1) is 17.3 Å². The molecule has 0 spiro atoms. The van der Waals surface area contributed by atoms with Crippen LogP contribution in [0.4, 0.5) is 5.82 Å². The summed E-state index contributed by atoms with van der Waals surface area (Å²) in [6.45, 7) is 3.28. The largest absolute Gasteiger partial charge is 0.384 e. The van der Waals surface area contributed by atoms with Crippen molar-refractivity contribution in [1.82, 2.24) is 14.8 Å². The second-order valence-electron chi connectivity index (χ2n) is 4.25. The molecule has 0 aliphatic rings. The van der Waals surface area contributed by atoms with Crippen molar-refractivity contribution in [2.45, 2.75) is 20.4 Å². The number of H-pyrrole nitrogens is 1. The highest BCUT2D eigenvalue weighted by molar-refractivity contribution is 6.31. The van der Waals surface area contributed by atoms with Gasteiger partial charge in [0.2, 0.25) is 0 Å². The number of hydrogen-bond acceptors (Lipinski definition) is 4. The average Bonchev–Trinajstić information content (AvgIpc) is 2.37. The highest BCUT2D eigenvalue weighted by Gasteiger charge is 2.10. The minimum Gasteiger partial charge on any atom is -0.384 e. The van der Waals surface area contributed by atoms with E-state index in [0.717, 1.165) is 0 Å². The van der Waals surface area contributed by atoms with Gasteiger partial charge in [-0.05, 0) is 26.0 Å². The maximum atomic E-state index is 12.0. The number of nitrogens with two attached hydrogens (primary N) is 1. The van der Waals surface area contributed by atoms with Gasteiger partial charge in [-0.2, -0.15) is 0 Å². The van der Waals surface area contributed by atoms with Crippen LogP contribution in [0, 0.1) is 13.8 Å². The maximum absolute atomic E-state index is 12.0. The second-order valence-corrected chi connectivity index (χ2v) is 4.65. The molecule has 0 aromatic carbocycles. The SMILES string of the molecule is Cc1c(C)c(=O)n(Cc2nc(N)ccc2Cl)[nH]c1=O. The minimum absolute atomic E-state index is 0.0685. The molecule has 6 nitrogen and oxygen atoms in total. The summed E-state index contributed by atoms with van der Waals surface area (Å²) < 4.78 is 1.18. The van der Waals surface area contributed by atoms with Crippen molar-refractivity contribution < 1.29 is 0 Å². The molecule has 0 aliphatic carbocycles. The van der Waals surface area contributed by atoms with Crippen LogP contribution in [0.3, 0.4) is 0 Å². The van der Waals surface area contributed by atoms with Crippen LogP contribution in [0.1, 0.15) is 16.8 Å². The van der Waals surface area contributed by atoms with Gasteiger partial charge >= 0.3 is 0 Å². The van der Waals surface area contributed by atoms with Crippen LogP contribution >= 0.6 is 11.6 Å². The molecule has 0 fully saturated rings. The molecule has 0 aliphatic heterocycles. The summed E-state index contributed by atoms with van der Waals surface area (Å²) >= 11 is 5.98. The lowest BCUT2D eigenvalue weighted by Crippen LogP contribution is -2.33. The fourth-order valence-electron chi connectivity index (χ4n) is 1.66. The Labute approximate surface area is 113 Å². The number of nitrogens with one attached hydrogen (secondary N) is 1. The third-order valence-corrected chi connectivity index (χ3v) is 3.30. The van der Waals surface area contributed by atoms with Crippen molar-refractivity contribution >= 4 is 17.4 Å². The summed E-state index contributed by atoms with van der Waals surface area (Å²) in [7, 11) is 0. The lowest BCUT2D eigenvalue weighted by Gasteiger charge is -2.09. The number of hydrogen-bond donors (Lipinski definition) is 2. The van der Waals surface area contributed by atoms with Crippen LogP contribution in [0.15, 0.2) is 21.7 Å². The van der Waals surface area contributed by atoms with E-state index in [1.54, 1.807) is 26.0 Å². The molecule has 2 aromatic heterocycles. The van der Waals surface area contributed by atoms with E-state index >= 15 is 0 Å². The first-order chi connectivity index (χ1) is 8.90. The number of nitrogens with zero attached hydrogens (tertiary/aromatic N) is 2. The third-order valence-electron chi connectivity index (χ3n) is 2.95. The van der Waals surface area contributed by atoms with Gasteiger partial charge in [-0.1, -0.05) is 11.6 Å². The Bertz CT molecular complexity index is 748. The third kappa shape index (κ3) is 2.53. The van der Waals surface area contributed by atoms with Crippen molar-refractivity contribution in [3.8, 4) is 0 Å². The van der Waals surface area contributed by atoms with E-state index < -0.39 is 0 Å². The maximum Gasteiger partial charge on any atom is 0.268 e. The zero-order valence-electron chi connectivity index (χ0n) is 10.5. The van der Waals surface area contributed by atoms with Crippen molar-refractivity contribution in [1.29, 1.82) is 0 Å². The molecule has 0 atom stereocenters. The van der Waals surface area contributed by atoms with Gasteiger partial charge in [0, 0.05) is 11.1 Å². The first kappa shape index (κ1) is 13.4. The zero-order chi connectivity index (χ0) is 14.2. The van der Waals surface area contributed by atoms with Gasteiger partial charge in [0.1, 0.15) is 5.82 Å². The lowest BCUT2D eigenvalue weighted by molar-refractivity contribution is 0.609. The Morgan fingerprint density at radius 3 is 2.68 bits per heavy atom. The van der Waals surface area contributed by atoms with E-state index in [9.17, 15) is 9.59 Å². The Kier molecular flexibility index (Phi) is 3.44. The van der Waals surface area contributed by atoms with Gasteiger partial charge in [-0.15, -0.1) is 0 Å². The molecule has 0 radical (unpaired) electrons. The molecule has 19 heavy (non-hydrogen) atoms. The predicted molar refractivity (Wildman–Crippen MR) is 73.6 cm³/mol. The van der Waals surface area contributed by atoms with E-state index in [2.05, 4.69) is 10.1 Å². The topological polar surface area (TPSA) is 93.8 Å². The van der Waals surface area contributed by atoms with Crippen molar-refractivity contribution in [3.63, 3.8) is 0 Å². The Hall–Kier alpha value is -2.08. The zero-order valence-corrected chi connectivity index (χ0v) is 11.3. The van der Waals surface area contributed by atoms with Gasteiger partial charge in [-0.25, -0.2) is 9.67 Å². The summed E-state index contributed by atoms with van der Waals surface area (Å²) in [6.07, 6.45) is 0. The molecule has 0 unspecified atom stereocenters. The molecule has 0 amide bonds. The summed E-state index contributed by atoms with van der Waals surface area (Å²) in [4.78, 5) is 27.7. The van der Waals surface area contributed by atoms with Crippen LogP contribution in [0.2, 0.25) is 5.02 Å². The van der Waals surface area contributed by atoms with Crippen molar-refractivity contribution in [2.75, 3.05) is 5.73 Å². The smallest absolute Gasteiger partial charge is 0.268 e. The van der Waals surface area contributed by atoms with Crippen LogP contribution in [0.25, 0.3) is 0 Å². The van der Waals surface area contributed by atoms with Gasteiger partial charge in [0.25, 0.3) is 11.1 Å². The summed E-state index contributed by atoms with van der Waals surface area (Å²) in [5, 5.41) is 2.88. The fraction of sp³-hybridized carbons (Fsp3) is 0.250. The van der Waals surface area contributed by atoms with E-state index in [4.69, 9.17) is 17.3 Å². The summed E-state index contributed by atoms with van der Waals surface area (Å²) in [6, 6.07) is 3.17. The average molecular weight is 281 g/mol. The standard InChI is InChI=1S/C12H13ClN4O2/c1-6-7(2)12(19)17(16-11(6)18)5-9-8(13)3-4-10(14)15-9/h3-4H,5H2,1-2H3,(H2,14,15)(H,16,18). The number of aromatic amines is 1. The quantitative estimate of drug-likeness (QED) is 0.852. The second kappa shape index (κ2) is 4.89. The van der Waals surface area contributed by atoms with Crippen LogP contribution < -0.4 is 16.9 Å². The number of nitrogen functional groups attached to an aromatic ring is 1. The number of pyridine rings is 1. The van der Waals surface area contributed by atoms with Gasteiger partial charge < -0.3 is 5.73 Å². The molecule has 0 bridgehead atoms. The molecule has 2 aromatic rings. The van der Waals surface area contributed by atoms with Crippen molar-refractivity contribution in [3.05, 3.63) is 54.7 Å².